The Balaban J connectivity index is 1.38. The van der Waals surface area contributed by atoms with Gasteiger partial charge in [0, 0.05) is 19.1 Å². The third-order valence-corrected chi connectivity index (χ3v) is 4.52. The first-order chi connectivity index (χ1) is 10.2. The van der Waals surface area contributed by atoms with Gasteiger partial charge in [0.2, 0.25) is 0 Å². The zero-order valence-corrected chi connectivity index (χ0v) is 12.4. The normalized spacial score (nSPS) is 22.6. The van der Waals surface area contributed by atoms with Gasteiger partial charge in [-0.1, -0.05) is 24.3 Å². The monoisotopic (exact) mass is 288 g/mol. The molecule has 114 valence electrons. The van der Waals surface area contributed by atoms with Gasteiger partial charge in [-0.05, 0) is 49.4 Å². The van der Waals surface area contributed by atoms with Crippen LogP contribution in [-0.4, -0.2) is 41.7 Å². The van der Waals surface area contributed by atoms with Gasteiger partial charge in [-0.15, -0.1) is 0 Å². The highest BCUT2D eigenvalue weighted by Crippen LogP contribution is 2.31. The van der Waals surface area contributed by atoms with Crippen molar-refractivity contribution in [3.63, 3.8) is 0 Å². The fourth-order valence-corrected chi connectivity index (χ4v) is 3.17. The lowest BCUT2D eigenvalue weighted by atomic mass is 10.1. The van der Waals surface area contributed by atoms with Gasteiger partial charge in [0.25, 0.3) is 0 Å². The van der Waals surface area contributed by atoms with Crippen LogP contribution in [0.5, 0.6) is 0 Å². The van der Waals surface area contributed by atoms with E-state index in [-0.39, 0.29) is 6.42 Å². The molecule has 4 heteroatoms. The van der Waals surface area contributed by atoms with Crippen LogP contribution in [0.15, 0.2) is 24.3 Å². The highest BCUT2D eigenvalue weighted by atomic mass is 16.4. The number of nitrogens with one attached hydrogen (secondary N) is 1. The number of likely N-dealkylation sites (tertiary alicyclic amines) is 1. The molecule has 0 spiro atoms. The number of carbonyl (C=O) groups is 1. The van der Waals surface area contributed by atoms with Gasteiger partial charge < -0.3 is 15.3 Å². The molecule has 1 saturated heterocycles. The van der Waals surface area contributed by atoms with E-state index in [1.165, 1.54) is 37.9 Å². The summed E-state index contributed by atoms with van der Waals surface area (Å²) in [5.74, 6) is 0.0132. The average Bonchev–Trinajstić information content (AvgIpc) is 3.20. The first-order valence-electron chi connectivity index (χ1n) is 7.95. The zero-order valence-electron chi connectivity index (χ0n) is 12.4. The molecule has 1 atom stereocenters. The lowest BCUT2D eigenvalue weighted by Crippen LogP contribution is -2.27. The number of carboxylic acids is 1. The van der Waals surface area contributed by atoms with Crippen LogP contribution in [0.1, 0.15) is 30.4 Å². The van der Waals surface area contributed by atoms with Crippen LogP contribution >= 0.6 is 0 Å². The molecule has 1 unspecified atom stereocenters. The quantitative estimate of drug-likeness (QED) is 0.804. The van der Waals surface area contributed by atoms with Crippen LogP contribution in [0.25, 0.3) is 0 Å². The first-order valence-corrected chi connectivity index (χ1v) is 7.95. The van der Waals surface area contributed by atoms with E-state index in [0.717, 1.165) is 30.6 Å². The van der Waals surface area contributed by atoms with Crippen molar-refractivity contribution in [3.05, 3.63) is 35.4 Å². The number of rotatable bonds is 7. The summed E-state index contributed by atoms with van der Waals surface area (Å²) in [5.41, 5.74) is 2.09. The van der Waals surface area contributed by atoms with E-state index in [1.54, 1.807) is 0 Å². The van der Waals surface area contributed by atoms with Gasteiger partial charge in [0.15, 0.2) is 0 Å². The van der Waals surface area contributed by atoms with Crippen molar-refractivity contribution in [2.45, 2.75) is 38.3 Å². The first kappa shape index (κ1) is 14.5. The second kappa shape index (κ2) is 6.58. The molecular formula is C17H24N2O2. The minimum Gasteiger partial charge on any atom is -0.481 e. The molecule has 0 radical (unpaired) electrons. The van der Waals surface area contributed by atoms with Crippen molar-refractivity contribution in [1.29, 1.82) is 0 Å². The SMILES string of the molecule is O=C(O)Cc1ccc(CNCC2CCN(C3CC3)C2)cc1. The zero-order chi connectivity index (χ0) is 14.7. The van der Waals surface area contributed by atoms with Gasteiger partial charge in [0.1, 0.15) is 0 Å². The molecule has 1 saturated carbocycles. The van der Waals surface area contributed by atoms with E-state index in [9.17, 15) is 4.79 Å². The van der Waals surface area contributed by atoms with Crippen LogP contribution in [0, 0.1) is 5.92 Å². The van der Waals surface area contributed by atoms with E-state index in [0.29, 0.717) is 0 Å². The summed E-state index contributed by atoms with van der Waals surface area (Å²) in [6, 6.07) is 8.77. The Morgan fingerprint density at radius 3 is 2.57 bits per heavy atom. The second-order valence-electron chi connectivity index (χ2n) is 6.40. The van der Waals surface area contributed by atoms with Crippen molar-refractivity contribution in [3.8, 4) is 0 Å². The second-order valence-corrected chi connectivity index (χ2v) is 6.40. The van der Waals surface area contributed by atoms with E-state index < -0.39 is 5.97 Å². The van der Waals surface area contributed by atoms with Crippen molar-refractivity contribution in [2.24, 2.45) is 5.92 Å². The van der Waals surface area contributed by atoms with Crippen LogP contribution in [0.2, 0.25) is 0 Å². The number of carboxylic acid groups (broad SMARTS) is 1. The maximum atomic E-state index is 10.6. The Morgan fingerprint density at radius 2 is 1.90 bits per heavy atom. The van der Waals surface area contributed by atoms with Gasteiger partial charge >= 0.3 is 5.97 Å². The summed E-state index contributed by atoms with van der Waals surface area (Å²) in [4.78, 5) is 13.3. The molecular weight excluding hydrogens is 264 g/mol. The predicted octanol–water partition coefficient (Wildman–Crippen LogP) is 1.89. The summed E-state index contributed by atoms with van der Waals surface area (Å²) < 4.78 is 0. The summed E-state index contributed by atoms with van der Waals surface area (Å²) in [7, 11) is 0. The lowest BCUT2D eigenvalue weighted by Gasteiger charge is -2.15. The molecule has 1 aromatic rings. The highest BCUT2D eigenvalue weighted by Gasteiger charge is 2.33. The summed E-state index contributed by atoms with van der Waals surface area (Å²) >= 11 is 0. The minimum absolute atomic E-state index is 0.104. The molecule has 0 bridgehead atoms. The van der Waals surface area contributed by atoms with Crippen molar-refractivity contribution in [1.82, 2.24) is 10.2 Å². The summed E-state index contributed by atoms with van der Waals surface area (Å²) in [6.07, 6.45) is 4.24. The Hall–Kier alpha value is -1.39. The van der Waals surface area contributed by atoms with Crippen molar-refractivity contribution >= 4 is 5.97 Å². The summed E-state index contributed by atoms with van der Waals surface area (Å²) in [6.45, 7) is 4.49. The number of nitrogens with zero attached hydrogens (tertiary/aromatic N) is 1. The number of hydrogen-bond acceptors (Lipinski definition) is 3. The maximum absolute atomic E-state index is 10.6. The molecule has 21 heavy (non-hydrogen) atoms. The highest BCUT2D eigenvalue weighted by molar-refractivity contribution is 5.70. The van der Waals surface area contributed by atoms with Crippen LogP contribution in [0.3, 0.4) is 0 Å². The maximum Gasteiger partial charge on any atom is 0.307 e. The standard InChI is InChI=1S/C17H24N2O2/c20-17(21)9-13-1-3-14(4-2-13)10-18-11-15-7-8-19(12-15)16-5-6-16/h1-4,15-16,18H,5-12H2,(H,20,21). The topological polar surface area (TPSA) is 52.6 Å². The Morgan fingerprint density at radius 1 is 1.19 bits per heavy atom. The third-order valence-electron chi connectivity index (χ3n) is 4.52. The Labute approximate surface area is 126 Å². The largest absolute Gasteiger partial charge is 0.481 e. The van der Waals surface area contributed by atoms with Crippen LogP contribution in [-0.2, 0) is 17.8 Å². The molecule has 4 nitrogen and oxygen atoms in total. The number of benzene rings is 1. The predicted molar refractivity (Wildman–Crippen MR) is 82.2 cm³/mol. The van der Waals surface area contributed by atoms with Crippen LogP contribution < -0.4 is 5.32 Å². The smallest absolute Gasteiger partial charge is 0.307 e. The fraction of sp³-hybridized carbons (Fsp3) is 0.588. The third kappa shape index (κ3) is 4.29. The van der Waals surface area contributed by atoms with E-state index in [4.69, 9.17) is 5.11 Å². The molecule has 1 aliphatic heterocycles. The molecule has 1 heterocycles. The van der Waals surface area contributed by atoms with E-state index >= 15 is 0 Å². The number of aliphatic carboxylic acids is 1. The van der Waals surface area contributed by atoms with E-state index in [1.807, 2.05) is 24.3 Å². The van der Waals surface area contributed by atoms with Crippen molar-refractivity contribution < 1.29 is 9.90 Å². The Kier molecular flexibility index (Phi) is 4.56. The molecule has 0 aromatic heterocycles. The van der Waals surface area contributed by atoms with Crippen LogP contribution in [0.4, 0.5) is 0 Å². The van der Waals surface area contributed by atoms with Gasteiger partial charge in [0.05, 0.1) is 6.42 Å². The molecule has 2 fully saturated rings. The van der Waals surface area contributed by atoms with Crippen molar-refractivity contribution in [2.75, 3.05) is 19.6 Å². The number of hydrogen-bond donors (Lipinski definition) is 2. The molecule has 1 aromatic carbocycles. The minimum atomic E-state index is -0.776. The molecule has 3 rings (SSSR count). The summed E-state index contributed by atoms with van der Waals surface area (Å²) in [5, 5.41) is 12.3. The van der Waals surface area contributed by atoms with Gasteiger partial charge in [-0.2, -0.15) is 0 Å². The van der Waals surface area contributed by atoms with E-state index in [2.05, 4.69) is 10.2 Å². The average molecular weight is 288 g/mol. The fourth-order valence-electron chi connectivity index (χ4n) is 3.17. The van der Waals surface area contributed by atoms with Gasteiger partial charge in [-0.3, -0.25) is 4.79 Å². The molecule has 0 amide bonds. The molecule has 2 N–H and O–H groups in total. The Bertz CT molecular complexity index is 482. The molecule has 2 aliphatic rings. The molecule has 1 aliphatic carbocycles. The lowest BCUT2D eigenvalue weighted by molar-refractivity contribution is -0.136. The van der Waals surface area contributed by atoms with Gasteiger partial charge in [-0.25, -0.2) is 0 Å².